The van der Waals surface area contributed by atoms with Crippen molar-refractivity contribution in [1.29, 1.82) is 0 Å². The van der Waals surface area contributed by atoms with E-state index in [0.717, 1.165) is 6.54 Å². The van der Waals surface area contributed by atoms with Crippen molar-refractivity contribution >= 4 is 5.69 Å². The standard InChI is InChI=1S/C11H18N2/c1-11(2,12-3)9-13-10-7-5-4-6-8-10/h4-8,12-13H,9H2,1-3H3. The lowest BCUT2D eigenvalue weighted by Gasteiger charge is -2.24. The van der Waals surface area contributed by atoms with Gasteiger partial charge in [-0.2, -0.15) is 0 Å². The monoisotopic (exact) mass is 178 g/mol. The normalized spacial score (nSPS) is 11.3. The van der Waals surface area contributed by atoms with Crippen LogP contribution in [0.25, 0.3) is 0 Å². The first-order valence-electron chi connectivity index (χ1n) is 4.62. The van der Waals surface area contributed by atoms with Crippen LogP contribution in [0.4, 0.5) is 5.69 Å². The van der Waals surface area contributed by atoms with Gasteiger partial charge in [-0.15, -0.1) is 0 Å². The van der Waals surface area contributed by atoms with Crippen LogP contribution in [-0.2, 0) is 0 Å². The molecule has 1 aromatic carbocycles. The summed E-state index contributed by atoms with van der Waals surface area (Å²) in [6, 6.07) is 10.2. The molecule has 0 unspecified atom stereocenters. The second-order valence-corrected chi connectivity index (χ2v) is 3.85. The lowest BCUT2D eigenvalue weighted by Crippen LogP contribution is -2.42. The summed E-state index contributed by atoms with van der Waals surface area (Å²) in [6.45, 7) is 5.26. The zero-order valence-corrected chi connectivity index (χ0v) is 8.59. The molecular formula is C11H18N2. The summed E-state index contributed by atoms with van der Waals surface area (Å²) in [6.07, 6.45) is 0. The summed E-state index contributed by atoms with van der Waals surface area (Å²) in [5.41, 5.74) is 1.31. The van der Waals surface area contributed by atoms with Crippen LogP contribution in [-0.4, -0.2) is 19.1 Å². The van der Waals surface area contributed by atoms with Gasteiger partial charge >= 0.3 is 0 Å². The fraction of sp³-hybridized carbons (Fsp3) is 0.455. The number of hydrogen-bond donors (Lipinski definition) is 2. The number of rotatable bonds is 4. The van der Waals surface area contributed by atoms with Crippen molar-refractivity contribution in [1.82, 2.24) is 5.32 Å². The summed E-state index contributed by atoms with van der Waals surface area (Å²) in [5, 5.41) is 6.62. The Balaban J connectivity index is 2.44. The molecule has 0 aliphatic rings. The van der Waals surface area contributed by atoms with Crippen LogP contribution in [0, 0.1) is 0 Å². The summed E-state index contributed by atoms with van der Waals surface area (Å²) >= 11 is 0. The number of para-hydroxylation sites is 1. The molecule has 0 heterocycles. The van der Waals surface area contributed by atoms with Gasteiger partial charge < -0.3 is 10.6 Å². The fourth-order valence-electron chi connectivity index (χ4n) is 0.967. The Hall–Kier alpha value is -1.02. The van der Waals surface area contributed by atoms with Gasteiger partial charge in [-0.25, -0.2) is 0 Å². The van der Waals surface area contributed by atoms with Gasteiger partial charge in [-0.05, 0) is 33.0 Å². The molecule has 0 fully saturated rings. The number of nitrogens with one attached hydrogen (secondary N) is 2. The second kappa shape index (κ2) is 4.28. The highest BCUT2D eigenvalue weighted by Gasteiger charge is 2.13. The van der Waals surface area contributed by atoms with Crippen molar-refractivity contribution < 1.29 is 0 Å². The van der Waals surface area contributed by atoms with Crippen LogP contribution in [0.5, 0.6) is 0 Å². The molecule has 1 aromatic rings. The molecule has 2 heteroatoms. The minimum atomic E-state index is 0.135. The van der Waals surface area contributed by atoms with E-state index in [0.29, 0.717) is 0 Å². The van der Waals surface area contributed by atoms with Crippen molar-refractivity contribution in [2.24, 2.45) is 0 Å². The predicted octanol–water partition coefficient (Wildman–Crippen LogP) is 2.10. The van der Waals surface area contributed by atoms with Crippen molar-refractivity contribution in [3.8, 4) is 0 Å². The molecule has 0 saturated carbocycles. The minimum absolute atomic E-state index is 0.135. The van der Waals surface area contributed by atoms with E-state index in [9.17, 15) is 0 Å². The molecule has 1 rings (SSSR count). The quantitative estimate of drug-likeness (QED) is 0.737. The summed E-state index contributed by atoms with van der Waals surface area (Å²) < 4.78 is 0. The Morgan fingerprint density at radius 3 is 2.31 bits per heavy atom. The van der Waals surface area contributed by atoms with Crippen LogP contribution >= 0.6 is 0 Å². The first-order valence-corrected chi connectivity index (χ1v) is 4.62. The van der Waals surface area contributed by atoms with Crippen molar-refractivity contribution in [3.63, 3.8) is 0 Å². The van der Waals surface area contributed by atoms with Gasteiger partial charge in [0.25, 0.3) is 0 Å². The molecule has 72 valence electrons. The fourth-order valence-corrected chi connectivity index (χ4v) is 0.967. The number of hydrogen-bond acceptors (Lipinski definition) is 2. The number of anilines is 1. The van der Waals surface area contributed by atoms with E-state index in [1.165, 1.54) is 5.69 Å². The van der Waals surface area contributed by atoms with E-state index < -0.39 is 0 Å². The molecule has 13 heavy (non-hydrogen) atoms. The van der Waals surface area contributed by atoms with Gasteiger partial charge in [0.05, 0.1) is 0 Å². The van der Waals surface area contributed by atoms with Crippen molar-refractivity contribution in [2.45, 2.75) is 19.4 Å². The van der Waals surface area contributed by atoms with E-state index in [2.05, 4.69) is 36.6 Å². The van der Waals surface area contributed by atoms with Crippen molar-refractivity contribution in [3.05, 3.63) is 30.3 Å². The molecule has 0 amide bonds. The minimum Gasteiger partial charge on any atom is -0.383 e. The van der Waals surface area contributed by atoms with Gasteiger partial charge in [0.2, 0.25) is 0 Å². The Kier molecular flexibility index (Phi) is 3.32. The SMILES string of the molecule is CNC(C)(C)CNc1ccccc1. The Morgan fingerprint density at radius 2 is 1.77 bits per heavy atom. The lowest BCUT2D eigenvalue weighted by molar-refractivity contribution is 0.448. The molecule has 2 nitrogen and oxygen atoms in total. The maximum atomic E-state index is 3.37. The molecule has 0 aromatic heterocycles. The molecule has 2 N–H and O–H groups in total. The Labute approximate surface area is 80.4 Å². The van der Waals surface area contributed by atoms with Crippen LogP contribution < -0.4 is 10.6 Å². The van der Waals surface area contributed by atoms with Gasteiger partial charge in [0, 0.05) is 17.8 Å². The smallest absolute Gasteiger partial charge is 0.0340 e. The zero-order chi connectivity index (χ0) is 9.73. The first kappa shape index (κ1) is 10.1. The van der Waals surface area contributed by atoms with Gasteiger partial charge in [0.1, 0.15) is 0 Å². The van der Waals surface area contributed by atoms with Gasteiger partial charge in [-0.1, -0.05) is 18.2 Å². The average Bonchev–Trinajstić information content (AvgIpc) is 2.17. The molecule has 0 aliphatic heterocycles. The van der Waals surface area contributed by atoms with Crippen LogP contribution in [0.15, 0.2) is 30.3 Å². The Morgan fingerprint density at radius 1 is 1.15 bits per heavy atom. The summed E-state index contributed by atoms with van der Waals surface area (Å²) in [7, 11) is 1.98. The highest BCUT2D eigenvalue weighted by molar-refractivity contribution is 5.42. The highest BCUT2D eigenvalue weighted by Crippen LogP contribution is 2.07. The lowest BCUT2D eigenvalue weighted by atomic mass is 10.1. The van der Waals surface area contributed by atoms with E-state index in [4.69, 9.17) is 0 Å². The van der Waals surface area contributed by atoms with Gasteiger partial charge in [-0.3, -0.25) is 0 Å². The van der Waals surface area contributed by atoms with Gasteiger partial charge in [0.15, 0.2) is 0 Å². The summed E-state index contributed by atoms with van der Waals surface area (Å²) in [5.74, 6) is 0. The predicted molar refractivity (Wildman–Crippen MR) is 58.1 cm³/mol. The second-order valence-electron chi connectivity index (χ2n) is 3.85. The first-order chi connectivity index (χ1) is 6.14. The van der Waals surface area contributed by atoms with E-state index in [1.54, 1.807) is 0 Å². The zero-order valence-electron chi connectivity index (χ0n) is 8.59. The van der Waals surface area contributed by atoms with Crippen LogP contribution in [0.2, 0.25) is 0 Å². The van der Waals surface area contributed by atoms with Crippen molar-refractivity contribution in [2.75, 3.05) is 18.9 Å². The molecule has 0 aliphatic carbocycles. The van der Waals surface area contributed by atoms with E-state index in [1.807, 2.05) is 25.2 Å². The molecule has 0 spiro atoms. The third kappa shape index (κ3) is 3.47. The maximum Gasteiger partial charge on any atom is 0.0340 e. The number of benzene rings is 1. The molecule has 0 bridgehead atoms. The van der Waals surface area contributed by atoms with Crippen LogP contribution in [0.3, 0.4) is 0 Å². The van der Waals surface area contributed by atoms with E-state index >= 15 is 0 Å². The summed E-state index contributed by atoms with van der Waals surface area (Å²) in [4.78, 5) is 0. The molecular weight excluding hydrogens is 160 g/mol. The molecule has 0 radical (unpaired) electrons. The molecule has 0 saturated heterocycles. The highest BCUT2D eigenvalue weighted by atomic mass is 15.0. The topological polar surface area (TPSA) is 24.1 Å². The molecule has 0 atom stereocenters. The largest absolute Gasteiger partial charge is 0.383 e. The third-order valence-corrected chi connectivity index (χ3v) is 2.19. The van der Waals surface area contributed by atoms with Crippen LogP contribution in [0.1, 0.15) is 13.8 Å². The average molecular weight is 178 g/mol. The number of likely N-dealkylation sites (N-methyl/N-ethyl adjacent to an activating group) is 1. The third-order valence-electron chi connectivity index (χ3n) is 2.19. The Bertz CT molecular complexity index is 242. The van der Waals surface area contributed by atoms with E-state index in [-0.39, 0.29) is 5.54 Å². The maximum absolute atomic E-state index is 3.37.